The predicted octanol–water partition coefficient (Wildman–Crippen LogP) is 4.48. The molecular formula is C22H19FN2O2. The number of amides is 1. The summed E-state index contributed by atoms with van der Waals surface area (Å²) in [6, 6.07) is 17.8. The number of aromatic nitrogens is 1. The second kappa shape index (κ2) is 6.76. The molecule has 0 radical (unpaired) electrons. The Balaban J connectivity index is 1.96. The first-order valence-corrected chi connectivity index (χ1v) is 8.80. The van der Waals surface area contributed by atoms with E-state index in [0.717, 1.165) is 33.1 Å². The van der Waals surface area contributed by atoms with Gasteiger partial charge in [0.05, 0.1) is 17.6 Å². The Morgan fingerprint density at radius 2 is 1.89 bits per heavy atom. The van der Waals surface area contributed by atoms with E-state index in [1.54, 1.807) is 18.2 Å². The van der Waals surface area contributed by atoms with Crippen molar-refractivity contribution < 1.29 is 13.9 Å². The number of halogens is 1. The van der Waals surface area contributed by atoms with Gasteiger partial charge in [-0.15, -0.1) is 0 Å². The summed E-state index contributed by atoms with van der Waals surface area (Å²) in [4.78, 5) is 11.9. The van der Waals surface area contributed by atoms with Crippen LogP contribution in [0.1, 0.15) is 22.8 Å². The topological polar surface area (TPSA) is 57.2 Å². The Hall–Kier alpha value is -3.34. The molecule has 4 aromatic rings. The lowest BCUT2D eigenvalue weighted by Gasteiger charge is -2.10. The summed E-state index contributed by atoms with van der Waals surface area (Å²) in [6.07, 6.45) is 0. The van der Waals surface area contributed by atoms with E-state index in [0.29, 0.717) is 18.7 Å². The normalized spacial score (nSPS) is 11.2. The van der Waals surface area contributed by atoms with Crippen molar-refractivity contribution in [1.29, 1.82) is 0 Å². The third-order valence-corrected chi connectivity index (χ3v) is 4.67. The Morgan fingerprint density at radius 1 is 1.07 bits per heavy atom. The van der Waals surface area contributed by atoms with E-state index in [-0.39, 0.29) is 5.82 Å². The molecule has 0 atom stereocenters. The molecule has 0 unspecified atom stereocenters. The summed E-state index contributed by atoms with van der Waals surface area (Å²) < 4.78 is 21.6. The highest BCUT2D eigenvalue weighted by molar-refractivity contribution is 6.17. The minimum atomic E-state index is -0.498. The number of hydrogen-bond acceptors (Lipinski definition) is 2. The number of primary amides is 1. The summed E-state index contributed by atoms with van der Waals surface area (Å²) in [5.41, 5.74) is 8.60. The van der Waals surface area contributed by atoms with Crippen molar-refractivity contribution in [2.45, 2.75) is 13.5 Å². The summed E-state index contributed by atoms with van der Waals surface area (Å²) in [5.74, 6) is -0.0302. The molecule has 2 N–H and O–H groups in total. The molecule has 4 rings (SSSR count). The number of carbonyl (C=O) groups excluding carboxylic acids is 1. The predicted molar refractivity (Wildman–Crippen MR) is 105 cm³/mol. The maximum atomic E-state index is 14.0. The van der Waals surface area contributed by atoms with Crippen LogP contribution in [0.3, 0.4) is 0 Å². The molecule has 0 spiro atoms. The fourth-order valence-electron chi connectivity index (χ4n) is 3.58. The largest absolute Gasteiger partial charge is 0.494 e. The minimum absolute atomic E-state index is 0.324. The molecule has 4 nitrogen and oxygen atoms in total. The van der Waals surface area contributed by atoms with Crippen molar-refractivity contribution >= 4 is 27.7 Å². The highest BCUT2D eigenvalue weighted by Gasteiger charge is 2.17. The van der Waals surface area contributed by atoms with E-state index in [9.17, 15) is 9.18 Å². The average Bonchev–Trinajstić information content (AvgIpc) is 2.95. The second-order valence-corrected chi connectivity index (χ2v) is 6.39. The lowest BCUT2D eigenvalue weighted by molar-refractivity contribution is 0.100. The summed E-state index contributed by atoms with van der Waals surface area (Å²) in [7, 11) is 0. The first kappa shape index (κ1) is 17.1. The number of nitrogens with two attached hydrogens (primary N) is 1. The summed E-state index contributed by atoms with van der Waals surface area (Å²) >= 11 is 0. The molecular weight excluding hydrogens is 343 g/mol. The maximum absolute atomic E-state index is 14.0. The van der Waals surface area contributed by atoms with Crippen LogP contribution >= 0.6 is 0 Å². The quantitative estimate of drug-likeness (QED) is 0.569. The number of carbonyl (C=O) groups is 1. The number of rotatable bonds is 5. The van der Waals surface area contributed by atoms with E-state index < -0.39 is 5.91 Å². The molecule has 0 aliphatic heterocycles. The summed E-state index contributed by atoms with van der Waals surface area (Å²) in [6.45, 7) is 3.05. The SMILES string of the molecule is CCOc1cccc(Cn2c3cc(F)ccc3c3c(C(N)=O)cccc32)c1. The van der Waals surface area contributed by atoms with Crippen molar-refractivity contribution in [2.75, 3.05) is 6.61 Å². The van der Waals surface area contributed by atoms with Crippen LogP contribution in [0.25, 0.3) is 21.8 Å². The van der Waals surface area contributed by atoms with Gasteiger partial charge >= 0.3 is 0 Å². The lowest BCUT2D eigenvalue weighted by atomic mass is 10.1. The van der Waals surface area contributed by atoms with E-state index >= 15 is 0 Å². The standard InChI is InChI=1S/C22H19FN2O2/c1-2-27-16-6-3-5-14(11-16)13-25-19-8-4-7-18(22(24)26)21(19)17-10-9-15(23)12-20(17)25/h3-12H,2,13H2,1H3,(H2,24,26). The number of benzene rings is 3. The first-order chi connectivity index (χ1) is 13.1. The number of fused-ring (bicyclic) bond motifs is 3. The molecule has 1 amide bonds. The minimum Gasteiger partial charge on any atom is -0.494 e. The van der Waals surface area contributed by atoms with E-state index in [4.69, 9.17) is 10.5 Å². The van der Waals surface area contributed by atoms with Gasteiger partial charge in [0.2, 0.25) is 5.91 Å². The zero-order valence-corrected chi connectivity index (χ0v) is 14.9. The Bertz CT molecular complexity index is 1160. The third-order valence-electron chi connectivity index (χ3n) is 4.67. The highest BCUT2D eigenvalue weighted by Crippen LogP contribution is 2.33. The Morgan fingerprint density at radius 3 is 2.67 bits per heavy atom. The fourth-order valence-corrected chi connectivity index (χ4v) is 3.58. The summed E-state index contributed by atoms with van der Waals surface area (Å²) in [5, 5.41) is 1.56. The number of hydrogen-bond donors (Lipinski definition) is 1. The molecule has 27 heavy (non-hydrogen) atoms. The zero-order valence-electron chi connectivity index (χ0n) is 14.9. The van der Waals surface area contributed by atoms with Crippen LogP contribution in [-0.2, 0) is 6.54 Å². The monoisotopic (exact) mass is 362 g/mol. The van der Waals surface area contributed by atoms with E-state index in [2.05, 4.69) is 0 Å². The van der Waals surface area contributed by atoms with Crippen molar-refractivity contribution in [2.24, 2.45) is 5.73 Å². The van der Waals surface area contributed by atoms with Crippen LogP contribution in [0.5, 0.6) is 5.75 Å². The second-order valence-electron chi connectivity index (χ2n) is 6.39. The van der Waals surface area contributed by atoms with Crippen molar-refractivity contribution in [1.82, 2.24) is 4.57 Å². The van der Waals surface area contributed by atoms with Gasteiger partial charge < -0.3 is 15.0 Å². The van der Waals surface area contributed by atoms with Crippen molar-refractivity contribution in [3.05, 3.63) is 77.6 Å². The molecule has 3 aromatic carbocycles. The zero-order chi connectivity index (χ0) is 19.0. The molecule has 136 valence electrons. The van der Waals surface area contributed by atoms with Gasteiger partial charge in [-0.1, -0.05) is 18.2 Å². The molecule has 0 aliphatic carbocycles. The number of ether oxygens (including phenoxy) is 1. The maximum Gasteiger partial charge on any atom is 0.249 e. The lowest BCUT2D eigenvalue weighted by Crippen LogP contribution is -2.11. The molecule has 0 saturated heterocycles. The highest BCUT2D eigenvalue weighted by atomic mass is 19.1. The van der Waals surface area contributed by atoms with Crippen molar-refractivity contribution in [3.63, 3.8) is 0 Å². The van der Waals surface area contributed by atoms with Crippen LogP contribution in [0.2, 0.25) is 0 Å². The van der Waals surface area contributed by atoms with E-state index in [1.165, 1.54) is 12.1 Å². The van der Waals surface area contributed by atoms with Gasteiger partial charge in [0.15, 0.2) is 0 Å². The molecule has 0 bridgehead atoms. The van der Waals surface area contributed by atoms with Gasteiger partial charge in [0.1, 0.15) is 11.6 Å². The van der Waals surface area contributed by atoms with Crippen LogP contribution in [0, 0.1) is 5.82 Å². The van der Waals surface area contributed by atoms with Crippen LogP contribution < -0.4 is 10.5 Å². The van der Waals surface area contributed by atoms with Gasteiger partial charge in [-0.25, -0.2) is 4.39 Å². The Kier molecular flexibility index (Phi) is 4.28. The van der Waals surface area contributed by atoms with E-state index in [1.807, 2.05) is 41.8 Å². The van der Waals surface area contributed by atoms with Gasteiger partial charge in [-0.3, -0.25) is 4.79 Å². The van der Waals surface area contributed by atoms with Gasteiger partial charge in [-0.05, 0) is 55.0 Å². The molecule has 5 heteroatoms. The smallest absolute Gasteiger partial charge is 0.249 e. The fraction of sp³-hybridized carbons (Fsp3) is 0.136. The first-order valence-electron chi connectivity index (χ1n) is 8.80. The van der Waals surface area contributed by atoms with Crippen LogP contribution in [0.15, 0.2) is 60.7 Å². The molecule has 0 saturated carbocycles. The van der Waals surface area contributed by atoms with Crippen LogP contribution in [0.4, 0.5) is 4.39 Å². The third kappa shape index (κ3) is 3.01. The van der Waals surface area contributed by atoms with Gasteiger partial charge in [0.25, 0.3) is 0 Å². The van der Waals surface area contributed by atoms with Gasteiger partial charge in [-0.2, -0.15) is 0 Å². The van der Waals surface area contributed by atoms with Gasteiger partial charge in [0, 0.05) is 22.9 Å². The van der Waals surface area contributed by atoms with Crippen LogP contribution in [-0.4, -0.2) is 17.1 Å². The molecule has 0 fully saturated rings. The Labute approximate surface area is 156 Å². The average molecular weight is 362 g/mol. The molecule has 1 heterocycles. The molecule has 1 aromatic heterocycles. The number of nitrogens with zero attached hydrogens (tertiary/aromatic N) is 1. The van der Waals surface area contributed by atoms with Crippen molar-refractivity contribution in [3.8, 4) is 5.75 Å². The molecule has 0 aliphatic rings.